The van der Waals surface area contributed by atoms with Gasteiger partial charge in [-0.3, -0.25) is 0 Å². The molecule has 1 aromatic rings. The van der Waals surface area contributed by atoms with E-state index >= 15 is 0 Å². The fourth-order valence-electron chi connectivity index (χ4n) is 4.39. The van der Waals surface area contributed by atoms with E-state index < -0.39 is 0 Å². The number of hydrogen-bond acceptors (Lipinski definition) is 3. The first-order valence-corrected chi connectivity index (χ1v) is 9.51. The second kappa shape index (κ2) is 7.94. The molecule has 2 aliphatic rings. The van der Waals surface area contributed by atoms with Crippen LogP contribution < -0.4 is 16.0 Å². The van der Waals surface area contributed by atoms with Crippen LogP contribution >= 0.6 is 0 Å². The van der Waals surface area contributed by atoms with Crippen molar-refractivity contribution in [3.05, 3.63) is 5.46 Å². The van der Waals surface area contributed by atoms with Crippen molar-refractivity contribution in [2.75, 3.05) is 23.8 Å². The molecule has 0 unspecified atom stereocenters. The number of fused-ring (bicyclic) bond motifs is 2. The number of anilines is 2. The summed E-state index contributed by atoms with van der Waals surface area (Å²) >= 11 is 0. The molecule has 2 heterocycles. The van der Waals surface area contributed by atoms with E-state index in [4.69, 9.17) is 5.73 Å². The molecule has 1 spiro atoms. The molecule has 1 fully saturated rings. The molecule has 0 saturated heterocycles. The molecule has 25 heavy (non-hydrogen) atoms. The molecular weight excluding hydrogens is 311 g/mol. The number of nitrogens with zero attached hydrogens (tertiary/aromatic N) is 1. The zero-order chi connectivity index (χ0) is 17.9. The zero-order valence-electron chi connectivity index (χ0n) is 15.1. The average molecular weight is 337 g/mol. The first-order chi connectivity index (χ1) is 12.1. The second-order valence-corrected chi connectivity index (χ2v) is 7.41. The third-order valence-corrected chi connectivity index (χ3v) is 5.76. The summed E-state index contributed by atoms with van der Waals surface area (Å²) in [5.41, 5.74) is 7.76. The number of likely N-dealkylation sites (N-methyl/N-ethyl adjacent to an activating group) is 1. The monoisotopic (exact) mass is 337 g/mol. The predicted octanol–water partition coefficient (Wildman–Crippen LogP) is 1.34. The van der Waals surface area contributed by atoms with Crippen molar-refractivity contribution in [2.24, 2.45) is 5.73 Å². The van der Waals surface area contributed by atoms with Crippen LogP contribution in [0, 0.1) is 0 Å². The molecule has 1 aliphatic heterocycles. The summed E-state index contributed by atoms with van der Waals surface area (Å²) < 4.78 is 0. The minimum atomic E-state index is -0.377. The van der Waals surface area contributed by atoms with Crippen LogP contribution in [0.15, 0.2) is 0 Å². The van der Waals surface area contributed by atoms with Crippen molar-refractivity contribution in [1.29, 1.82) is 0 Å². The number of amides is 2. The first-order valence-electron chi connectivity index (χ1n) is 9.51. The number of rotatable bonds is 2. The van der Waals surface area contributed by atoms with E-state index in [1.807, 2.05) is 27.6 Å². The van der Waals surface area contributed by atoms with Crippen molar-refractivity contribution in [2.45, 2.75) is 63.2 Å². The van der Waals surface area contributed by atoms with Gasteiger partial charge < -0.3 is 0 Å². The maximum absolute atomic E-state index is 13.2. The van der Waals surface area contributed by atoms with Crippen molar-refractivity contribution >= 4 is 43.4 Å². The van der Waals surface area contributed by atoms with E-state index in [-0.39, 0.29) is 23.8 Å². The molecule has 1 aliphatic carbocycles. The first kappa shape index (κ1) is 18.5. The molecular formula is C17H26B3N3O2. The number of carbonyl (C=O) groups excluding carboxylic acids is 2. The summed E-state index contributed by atoms with van der Waals surface area (Å²) in [6.45, 7) is 5.80. The van der Waals surface area contributed by atoms with Gasteiger partial charge in [-0.25, -0.2) is 0 Å². The normalized spacial score (nSPS) is 19.9. The van der Waals surface area contributed by atoms with Crippen molar-refractivity contribution in [3.8, 4) is 0 Å². The van der Waals surface area contributed by atoms with Crippen LogP contribution in [0.25, 0.3) is 0 Å². The summed E-state index contributed by atoms with van der Waals surface area (Å²) in [6, 6.07) is 0. The Bertz CT molecular complexity index is 659. The molecule has 3 rings (SSSR count). The van der Waals surface area contributed by atoms with E-state index in [0.29, 0.717) is 5.48 Å². The Morgan fingerprint density at radius 2 is 1.72 bits per heavy atom. The molecule has 5 nitrogen and oxygen atoms in total. The summed E-state index contributed by atoms with van der Waals surface area (Å²) in [7, 11) is 1.85. The summed E-state index contributed by atoms with van der Waals surface area (Å²) in [5, 5.41) is 2.79. The fraction of sp³-hybridized carbons (Fsp3) is 0.706. The molecule has 0 atom stereocenters. The quantitative estimate of drug-likeness (QED) is 0.855. The van der Waals surface area contributed by atoms with E-state index in [0.717, 1.165) is 36.7 Å². The van der Waals surface area contributed by atoms with Crippen molar-refractivity contribution in [3.63, 3.8) is 0 Å². The minimum absolute atomic E-state index is 0.0458. The molecule has 130 valence electrons. The fourth-order valence-corrected chi connectivity index (χ4v) is 4.39. The van der Waals surface area contributed by atoms with Gasteiger partial charge in [0.05, 0.1) is 0 Å². The third-order valence-electron chi connectivity index (χ3n) is 5.76. The van der Waals surface area contributed by atoms with Gasteiger partial charge in [0, 0.05) is 0 Å². The standard InChI is InChI=1S/C17H26B3N3O2/c1-23-14-13(19-20-16(18-14)22-12(24)11-21)17(15(23)25)9-7-5-3-2-4-6-8-10-17/h2-11,21H2,1H3,(H,22,24). The second-order valence-electron chi connectivity index (χ2n) is 7.41. The van der Waals surface area contributed by atoms with Gasteiger partial charge in [0.25, 0.3) is 0 Å². The summed E-state index contributed by atoms with van der Waals surface area (Å²) in [5.74, 6) is -0.00861. The van der Waals surface area contributed by atoms with E-state index in [1.165, 1.54) is 32.1 Å². The Morgan fingerprint density at radius 3 is 2.32 bits per heavy atom. The Labute approximate surface area is 151 Å². The van der Waals surface area contributed by atoms with Gasteiger partial charge in [-0.1, -0.05) is 0 Å². The Morgan fingerprint density at radius 1 is 1.12 bits per heavy atom. The van der Waals surface area contributed by atoms with Gasteiger partial charge in [-0.2, -0.15) is 0 Å². The van der Waals surface area contributed by atoms with E-state index in [2.05, 4.69) is 5.32 Å². The van der Waals surface area contributed by atoms with Crippen LogP contribution in [-0.4, -0.2) is 45.9 Å². The van der Waals surface area contributed by atoms with Gasteiger partial charge in [-0.15, -0.1) is 0 Å². The van der Waals surface area contributed by atoms with Gasteiger partial charge in [0.15, 0.2) is 0 Å². The molecule has 1 saturated carbocycles. The van der Waals surface area contributed by atoms with Crippen LogP contribution in [-0.2, 0) is 15.0 Å². The van der Waals surface area contributed by atoms with Gasteiger partial charge in [0.1, 0.15) is 0 Å². The van der Waals surface area contributed by atoms with Crippen LogP contribution in [0.2, 0.25) is 0 Å². The van der Waals surface area contributed by atoms with Crippen LogP contribution in [0.3, 0.4) is 0 Å². The van der Waals surface area contributed by atoms with Crippen LogP contribution in [0.4, 0.5) is 11.1 Å². The average Bonchev–Trinajstić information content (AvgIpc) is 2.83. The van der Waals surface area contributed by atoms with Crippen molar-refractivity contribution in [1.82, 2.24) is 0 Å². The van der Waals surface area contributed by atoms with Gasteiger partial charge >= 0.3 is 151 Å². The number of nitrogens with one attached hydrogen (secondary N) is 1. The van der Waals surface area contributed by atoms with E-state index in [9.17, 15) is 9.59 Å². The van der Waals surface area contributed by atoms with Crippen LogP contribution in [0.5, 0.6) is 0 Å². The molecule has 8 heteroatoms. The van der Waals surface area contributed by atoms with Gasteiger partial charge in [-0.05, 0) is 0 Å². The van der Waals surface area contributed by atoms with E-state index in [1.54, 1.807) is 4.90 Å². The molecule has 0 bridgehead atoms. The molecule has 3 N–H and O–H groups in total. The number of carbonyl (C=O) groups is 2. The molecule has 0 radical (unpaired) electrons. The third kappa shape index (κ3) is 3.64. The molecule has 0 aromatic carbocycles. The number of nitrogens with two attached hydrogens (primary N) is 1. The summed E-state index contributed by atoms with van der Waals surface area (Å²) in [4.78, 5) is 26.5. The number of hydrogen-bond donors (Lipinski definition) is 2. The molecule has 2 amide bonds. The van der Waals surface area contributed by atoms with Gasteiger partial charge in [0.2, 0.25) is 0 Å². The summed E-state index contributed by atoms with van der Waals surface area (Å²) in [6.07, 6.45) is 10.3. The SMILES string of the molecule is CN1C(=O)C2(CCCCCCCCC2)c2bbc(NC(=O)CN)bc21. The topological polar surface area (TPSA) is 75.4 Å². The van der Waals surface area contributed by atoms with Crippen molar-refractivity contribution < 1.29 is 9.59 Å². The maximum atomic E-state index is 13.2. The Kier molecular flexibility index (Phi) is 5.87. The Balaban J connectivity index is 1.93. The Hall–Kier alpha value is -1.30. The predicted molar refractivity (Wildman–Crippen MR) is 105 cm³/mol. The van der Waals surface area contributed by atoms with Crippen LogP contribution in [0.1, 0.15) is 63.2 Å². The zero-order valence-corrected chi connectivity index (χ0v) is 15.1. The molecule has 1 aromatic heterocycles.